The van der Waals surface area contributed by atoms with Crippen LogP contribution in [0.1, 0.15) is 10.4 Å². The number of ether oxygens (including phenoxy) is 1. The minimum atomic E-state index is -0.743. The molecule has 0 fully saturated rings. The maximum absolute atomic E-state index is 12.2. The van der Waals surface area contributed by atoms with E-state index in [1.165, 1.54) is 24.3 Å². The lowest BCUT2D eigenvalue weighted by atomic mass is 10.0. The Hall–Kier alpha value is -4.39. The van der Waals surface area contributed by atoms with Crippen molar-refractivity contribution in [1.82, 2.24) is 10.2 Å². The average Bonchev–Trinajstić information content (AvgIpc) is 2.80. The van der Waals surface area contributed by atoms with Crippen molar-refractivity contribution in [2.24, 2.45) is 0 Å². The standard InChI is InChI=1S/C23H15N3O4/c27-23(19-7-4-8-20(15-19)26(28)29)30-22-14-13-21(24-25-22)18-11-9-17(10-12-18)16-5-2-1-3-6-16/h1-15H. The van der Waals surface area contributed by atoms with Crippen LogP contribution in [-0.2, 0) is 0 Å². The maximum atomic E-state index is 12.2. The molecule has 0 amide bonds. The molecule has 30 heavy (non-hydrogen) atoms. The van der Waals surface area contributed by atoms with Crippen molar-refractivity contribution >= 4 is 11.7 Å². The molecule has 7 heteroatoms. The van der Waals surface area contributed by atoms with Gasteiger partial charge in [0.15, 0.2) is 0 Å². The van der Waals surface area contributed by atoms with Crippen LogP contribution in [-0.4, -0.2) is 21.1 Å². The van der Waals surface area contributed by atoms with Gasteiger partial charge in [-0.1, -0.05) is 60.7 Å². The molecule has 1 heterocycles. The van der Waals surface area contributed by atoms with Crippen LogP contribution < -0.4 is 4.74 Å². The average molecular weight is 397 g/mol. The fourth-order valence-corrected chi connectivity index (χ4v) is 2.89. The van der Waals surface area contributed by atoms with Gasteiger partial charge in [-0.3, -0.25) is 10.1 Å². The molecule has 146 valence electrons. The van der Waals surface area contributed by atoms with Crippen molar-refractivity contribution in [2.75, 3.05) is 0 Å². The van der Waals surface area contributed by atoms with Gasteiger partial charge in [0.05, 0.1) is 16.2 Å². The van der Waals surface area contributed by atoms with E-state index in [0.29, 0.717) is 5.69 Å². The molecule has 0 aliphatic heterocycles. The normalized spacial score (nSPS) is 10.4. The summed E-state index contributed by atoms with van der Waals surface area (Å²) in [5.74, 6) is -0.732. The summed E-state index contributed by atoms with van der Waals surface area (Å²) in [4.78, 5) is 22.5. The minimum Gasteiger partial charge on any atom is -0.402 e. The van der Waals surface area contributed by atoms with Crippen LogP contribution in [0.15, 0.2) is 91.0 Å². The smallest absolute Gasteiger partial charge is 0.345 e. The fourth-order valence-electron chi connectivity index (χ4n) is 2.89. The van der Waals surface area contributed by atoms with Crippen molar-refractivity contribution in [1.29, 1.82) is 0 Å². The predicted octanol–water partition coefficient (Wildman–Crippen LogP) is 4.94. The Morgan fingerprint density at radius 3 is 2.13 bits per heavy atom. The molecule has 1 aromatic heterocycles. The van der Waals surface area contributed by atoms with Crippen molar-refractivity contribution in [3.8, 4) is 28.3 Å². The maximum Gasteiger partial charge on any atom is 0.345 e. The van der Waals surface area contributed by atoms with E-state index in [1.54, 1.807) is 6.07 Å². The second-order valence-corrected chi connectivity index (χ2v) is 6.40. The van der Waals surface area contributed by atoms with Crippen LogP contribution in [0.4, 0.5) is 5.69 Å². The first-order valence-electron chi connectivity index (χ1n) is 9.06. The van der Waals surface area contributed by atoms with Crippen LogP contribution in [0.2, 0.25) is 0 Å². The third-order valence-electron chi connectivity index (χ3n) is 4.42. The topological polar surface area (TPSA) is 95.2 Å². The fraction of sp³-hybridized carbons (Fsp3) is 0. The van der Waals surface area contributed by atoms with E-state index < -0.39 is 10.9 Å². The molecule has 0 aliphatic carbocycles. The van der Waals surface area contributed by atoms with Gasteiger partial charge >= 0.3 is 5.97 Å². The molecule has 3 aromatic carbocycles. The molecule has 7 nitrogen and oxygen atoms in total. The molecular formula is C23H15N3O4. The molecule has 4 aromatic rings. The van der Waals surface area contributed by atoms with E-state index >= 15 is 0 Å². The largest absolute Gasteiger partial charge is 0.402 e. The Balaban J connectivity index is 1.47. The van der Waals surface area contributed by atoms with E-state index in [0.717, 1.165) is 22.8 Å². The van der Waals surface area contributed by atoms with Gasteiger partial charge in [-0.25, -0.2) is 4.79 Å². The third-order valence-corrected chi connectivity index (χ3v) is 4.42. The number of nitro groups is 1. The molecule has 0 N–H and O–H groups in total. The molecule has 0 bridgehead atoms. The number of nitrogens with zero attached hydrogens (tertiary/aromatic N) is 3. The van der Waals surface area contributed by atoms with Crippen LogP contribution in [0.25, 0.3) is 22.4 Å². The minimum absolute atomic E-state index is 0.0103. The number of benzene rings is 3. The Morgan fingerprint density at radius 2 is 1.47 bits per heavy atom. The lowest BCUT2D eigenvalue weighted by molar-refractivity contribution is -0.384. The van der Waals surface area contributed by atoms with Gasteiger partial charge < -0.3 is 4.74 Å². The predicted molar refractivity (Wildman–Crippen MR) is 111 cm³/mol. The van der Waals surface area contributed by atoms with Gasteiger partial charge in [0, 0.05) is 23.8 Å². The molecule has 0 radical (unpaired) electrons. The summed E-state index contributed by atoms with van der Waals surface area (Å²) < 4.78 is 5.17. The molecule has 0 spiro atoms. The lowest BCUT2D eigenvalue weighted by Gasteiger charge is -2.06. The molecule has 0 atom stereocenters. The summed E-state index contributed by atoms with van der Waals surface area (Å²) >= 11 is 0. The zero-order chi connectivity index (χ0) is 20.9. The van der Waals surface area contributed by atoms with Gasteiger partial charge in [-0.2, -0.15) is 0 Å². The summed E-state index contributed by atoms with van der Waals surface area (Å²) in [6.07, 6.45) is 0. The van der Waals surface area contributed by atoms with Gasteiger partial charge in [0.2, 0.25) is 5.88 Å². The highest BCUT2D eigenvalue weighted by Gasteiger charge is 2.14. The van der Waals surface area contributed by atoms with E-state index in [2.05, 4.69) is 10.2 Å². The summed E-state index contributed by atoms with van der Waals surface area (Å²) in [7, 11) is 0. The van der Waals surface area contributed by atoms with Crippen molar-refractivity contribution < 1.29 is 14.5 Å². The van der Waals surface area contributed by atoms with Crippen LogP contribution in [0, 0.1) is 10.1 Å². The zero-order valence-corrected chi connectivity index (χ0v) is 15.6. The Kier molecular flexibility index (Phi) is 5.25. The second kappa shape index (κ2) is 8.32. The van der Waals surface area contributed by atoms with Gasteiger partial charge in [-0.15, -0.1) is 10.2 Å². The van der Waals surface area contributed by atoms with E-state index in [9.17, 15) is 14.9 Å². The molecule has 0 aliphatic rings. The van der Waals surface area contributed by atoms with Crippen LogP contribution in [0.3, 0.4) is 0 Å². The first kappa shape index (κ1) is 18.9. The highest BCUT2D eigenvalue weighted by Crippen LogP contribution is 2.24. The van der Waals surface area contributed by atoms with Gasteiger partial charge in [0.25, 0.3) is 5.69 Å². The molecule has 0 saturated carbocycles. The molecule has 0 unspecified atom stereocenters. The van der Waals surface area contributed by atoms with E-state index in [1.807, 2.05) is 54.6 Å². The molecular weight excluding hydrogens is 382 g/mol. The number of hydrogen-bond donors (Lipinski definition) is 0. The van der Waals surface area contributed by atoms with Crippen LogP contribution in [0.5, 0.6) is 5.88 Å². The lowest BCUT2D eigenvalue weighted by Crippen LogP contribution is -2.10. The summed E-state index contributed by atoms with van der Waals surface area (Å²) in [5.41, 5.74) is 3.59. The first-order chi connectivity index (χ1) is 14.6. The van der Waals surface area contributed by atoms with E-state index in [4.69, 9.17) is 4.74 Å². The third kappa shape index (κ3) is 4.20. The van der Waals surface area contributed by atoms with Crippen LogP contribution >= 0.6 is 0 Å². The Labute approximate surface area is 171 Å². The van der Waals surface area contributed by atoms with Gasteiger partial charge in [-0.05, 0) is 23.3 Å². The Bertz CT molecular complexity index is 1190. The molecule has 0 saturated heterocycles. The number of esters is 1. The number of hydrogen-bond acceptors (Lipinski definition) is 6. The number of nitro benzene ring substituents is 1. The SMILES string of the molecule is O=C(Oc1ccc(-c2ccc(-c3ccccc3)cc2)nn1)c1cccc([N+](=O)[O-])c1. The van der Waals surface area contributed by atoms with Crippen molar-refractivity contribution in [3.63, 3.8) is 0 Å². The number of carbonyl (C=O) groups is 1. The van der Waals surface area contributed by atoms with Gasteiger partial charge in [0.1, 0.15) is 0 Å². The zero-order valence-electron chi connectivity index (χ0n) is 15.6. The monoisotopic (exact) mass is 397 g/mol. The van der Waals surface area contributed by atoms with Crippen molar-refractivity contribution in [2.45, 2.75) is 0 Å². The molecule has 4 rings (SSSR count). The number of rotatable bonds is 5. The first-order valence-corrected chi connectivity index (χ1v) is 9.06. The summed E-state index contributed by atoms with van der Waals surface area (Å²) in [6.45, 7) is 0. The van der Waals surface area contributed by atoms with Crippen molar-refractivity contribution in [3.05, 3.63) is 107 Å². The summed E-state index contributed by atoms with van der Waals surface area (Å²) in [5, 5.41) is 18.9. The quantitative estimate of drug-likeness (QED) is 0.269. The highest BCUT2D eigenvalue weighted by molar-refractivity contribution is 5.91. The van der Waals surface area contributed by atoms with E-state index in [-0.39, 0.29) is 17.1 Å². The number of aromatic nitrogens is 2. The number of non-ortho nitro benzene ring substituents is 1. The number of carbonyl (C=O) groups excluding carboxylic acids is 1. The highest BCUT2D eigenvalue weighted by atomic mass is 16.6. The Morgan fingerprint density at radius 1 is 0.767 bits per heavy atom. The summed E-state index contributed by atoms with van der Waals surface area (Å²) in [6, 6.07) is 26.5. The second-order valence-electron chi connectivity index (χ2n) is 6.40.